The van der Waals surface area contributed by atoms with E-state index in [4.69, 9.17) is 4.74 Å². The first-order chi connectivity index (χ1) is 14.4. The summed E-state index contributed by atoms with van der Waals surface area (Å²) in [4.78, 5) is 16.5. The van der Waals surface area contributed by atoms with Crippen LogP contribution in [0, 0.1) is 11.6 Å². The van der Waals surface area contributed by atoms with Gasteiger partial charge in [0.15, 0.2) is 5.82 Å². The van der Waals surface area contributed by atoms with E-state index in [2.05, 4.69) is 25.8 Å². The van der Waals surface area contributed by atoms with Crippen molar-refractivity contribution in [2.45, 2.75) is 13.0 Å². The molecule has 0 unspecified atom stereocenters. The molecular weight excluding hydrogens is 392 g/mol. The lowest BCUT2D eigenvalue weighted by Gasteiger charge is -2.16. The predicted molar refractivity (Wildman–Crippen MR) is 110 cm³/mol. The summed E-state index contributed by atoms with van der Waals surface area (Å²) in [6, 6.07) is 12.6. The molecule has 1 heterocycles. The van der Waals surface area contributed by atoms with Crippen molar-refractivity contribution in [3.63, 3.8) is 0 Å². The molecule has 3 rings (SSSR count). The van der Waals surface area contributed by atoms with Gasteiger partial charge in [0.05, 0.1) is 12.3 Å². The number of hydrogen-bond acceptors (Lipinski definition) is 3. The minimum absolute atomic E-state index is 0.155. The summed E-state index contributed by atoms with van der Waals surface area (Å²) in [6.07, 6.45) is 0. The zero-order valence-corrected chi connectivity index (χ0v) is 16.4. The molecule has 7 nitrogen and oxygen atoms in total. The van der Waals surface area contributed by atoms with Gasteiger partial charge in [0.1, 0.15) is 11.6 Å². The maximum absolute atomic E-state index is 13.1. The molecule has 1 amide bonds. The number of nitrogens with one attached hydrogen (secondary N) is 3. The summed E-state index contributed by atoms with van der Waals surface area (Å²) in [5.41, 5.74) is 1.65. The standard InChI is InChI=1S/C21H21F2N5O2/c1-13(12-30-2)24-21(26-20(29)15-5-9-17(23)10-6-15)25-19-11-18(27-28-19)14-3-7-16(22)8-4-14/h3-11,13H,12H2,1-2H3,(H3,24,25,26,27,28,29)/t13-/m1/s1. The van der Waals surface area contributed by atoms with Gasteiger partial charge in [-0.05, 0) is 61.0 Å². The number of aromatic nitrogens is 2. The summed E-state index contributed by atoms with van der Waals surface area (Å²) in [5, 5.41) is 13.0. The molecule has 0 aliphatic carbocycles. The van der Waals surface area contributed by atoms with Crippen molar-refractivity contribution in [3.8, 4) is 11.3 Å². The largest absolute Gasteiger partial charge is 0.383 e. The summed E-state index contributed by atoms with van der Waals surface area (Å²) in [6.45, 7) is 2.24. The molecule has 3 N–H and O–H groups in total. The van der Waals surface area contributed by atoms with Crippen LogP contribution in [0.3, 0.4) is 0 Å². The molecular formula is C21H21F2N5O2. The first-order valence-corrected chi connectivity index (χ1v) is 9.17. The molecule has 0 saturated carbocycles. The fourth-order valence-electron chi connectivity index (χ4n) is 2.66. The first-order valence-electron chi connectivity index (χ1n) is 9.17. The number of methoxy groups -OCH3 is 1. The van der Waals surface area contributed by atoms with Crippen LogP contribution in [0.15, 0.2) is 59.6 Å². The Morgan fingerprint density at radius 3 is 2.40 bits per heavy atom. The van der Waals surface area contributed by atoms with Crippen molar-refractivity contribution in [3.05, 3.63) is 71.8 Å². The highest BCUT2D eigenvalue weighted by Gasteiger charge is 2.12. The normalized spacial score (nSPS) is 12.5. The van der Waals surface area contributed by atoms with Gasteiger partial charge in [-0.2, -0.15) is 10.1 Å². The van der Waals surface area contributed by atoms with Gasteiger partial charge in [0.25, 0.3) is 5.91 Å². The van der Waals surface area contributed by atoms with Crippen molar-refractivity contribution in [2.24, 2.45) is 4.99 Å². The van der Waals surface area contributed by atoms with E-state index >= 15 is 0 Å². The molecule has 9 heteroatoms. The smallest absolute Gasteiger partial charge is 0.280 e. The van der Waals surface area contributed by atoms with Crippen LogP contribution in [0.4, 0.5) is 14.6 Å². The Labute approximate surface area is 172 Å². The number of rotatable bonds is 6. The molecule has 2 aromatic carbocycles. The van der Waals surface area contributed by atoms with Crippen LogP contribution < -0.4 is 10.6 Å². The molecule has 1 aromatic heterocycles. The Bertz CT molecular complexity index is 1020. The number of amides is 1. The maximum Gasteiger partial charge on any atom is 0.280 e. The molecule has 0 spiro atoms. The van der Waals surface area contributed by atoms with Crippen molar-refractivity contribution in [2.75, 3.05) is 19.0 Å². The number of anilines is 1. The maximum atomic E-state index is 13.1. The van der Waals surface area contributed by atoms with E-state index in [9.17, 15) is 13.6 Å². The Kier molecular flexibility index (Phi) is 6.87. The zero-order chi connectivity index (χ0) is 21.5. The van der Waals surface area contributed by atoms with Gasteiger partial charge in [-0.3, -0.25) is 9.89 Å². The number of carbonyl (C=O) groups is 1. The topological polar surface area (TPSA) is 91.4 Å². The lowest BCUT2D eigenvalue weighted by Crippen LogP contribution is -2.40. The second-order valence-corrected chi connectivity index (χ2v) is 6.57. The van der Waals surface area contributed by atoms with Crippen molar-refractivity contribution in [1.82, 2.24) is 15.5 Å². The van der Waals surface area contributed by atoms with Crippen LogP contribution in [0.2, 0.25) is 0 Å². The highest BCUT2D eigenvalue weighted by molar-refractivity contribution is 6.06. The van der Waals surface area contributed by atoms with Gasteiger partial charge >= 0.3 is 0 Å². The molecule has 3 aromatic rings. The average Bonchev–Trinajstić information content (AvgIpc) is 3.17. The quantitative estimate of drug-likeness (QED) is 0.424. The molecule has 1 atom stereocenters. The number of aliphatic imine (C=N–C) groups is 1. The van der Waals surface area contributed by atoms with E-state index in [1.807, 2.05) is 6.92 Å². The van der Waals surface area contributed by atoms with Gasteiger partial charge in [0, 0.05) is 24.8 Å². The lowest BCUT2D eigenvalue weighted by molar-refractivity contribution is 0.100. The number of carbonyl (C=O) groups excluding carboxylic acids is 1. The molecule has 0 bridgehead atoms. The summed E-state index contributed by atoms with van der Waals surface area (Å²) in [7, 11) is 1.56. The van der Waals surface area contributed by atoms with Crippen LogP contribution in [0.5, 0.6) is 0 Å². The van der Waals surface area contributed by atoms with E-state index in [0.29, 0.717) is 18.1 Å². The fraction of sp³-hybridized carbons (Fsp3) is 0.190. The van der Waals surface area contributed by atoms with E-state index in [-0.39, 0.29) is 23.4 Å². The predicted octanol–water partition coefficient (Wildman–Crippen LogP) is 3.59. The molecule has 156 valence electrons. The Hall–Kier alpha value is -3.59. The zero-order valence-electron chi connectivity index (χ0n) is 16.4. The van der Waals surface area contributed by atoms with Crippen LogP contribution in [-0.2, 0) is 4.74 Å². The van der Waals surface area contributed by atoms with Gasteiger partial charge in [-0.25, -0.2) is 8.78 Å². The minimum Gasteiger partial charge on any atom is -0.383 e. The van der Waals surface area contributed by atoms with Crippen LogP contribution in [-0.4, -0.2) is 41.8 Å². The Morgan fingerprint density at radius 2 is 1.77 bits per heavy atom. The molecule has 0 aliphatic heterocycles. The van der Waals surface area contributed by atoms with Gasteiger partial charge < -0.3 is 15.4 Å². The Morgan fingerprint density at radius 1 is 1.13 bits per heavy atom. The highest BCUT2D eigenvalue weighted by atomic mass is 19.1. The molecule has 0 saturated heterocycles. The van der Waals surface area contributed by atoms with E-state index < -0.39 is 11.7 Å². The number of halogens is 2. The minimum atomic E-state index is -0.552. The van der Waals surface area contributed by atoms with Crippen LogP contribution in [0.25, 0.3) is 11.3 Å². The van der Waals surface area contributed by atoms with Gasteiger partial charge in [-0.1, -0.05) is 0 Å². The van der Waals surface area contributed by atoms with Crippen LogP contribution >= 0.6 is 0 Å². The fourth-order valence-corrected chi connectivity index (χ4v) is 2.66. The lowest BCUT2D eigenvalue weighted by atomic mass is 10.1. The molecule has 30 heavy (non-hydrogen) atoms. The van der Waals surface area contributed by atoms with E-state index in [0.717, 1.165) is 5.56 Å². The number of aromatic amines is 1. The third-order valence-electron chi connectivity index (χ3n) is 4.08. The van der Waals surface area contributed by atoms with Gasteiger partial charge in [-0.15, -0.1) is 0 Å². The van der Waals surface area contributed by atoms with E-state index in [1.165, 1.54) is 36.4 Å². The summed E-state index contributed by atoms with van der Waals surface area (Å²) in [5.74, 6) is -0.765. The number of guanidine groups is 1. The van der Waals surface area contributed by atoms with Crippen molar-refractivity contribution >= 4 is 17.7 Å². The molecule has 0 radical (unpaired) electrons. The number of hydrogen-bond donors (Lipinski definition) is 3. The Balaban J connectivity index is 1.81. The number of ether oxygens (including phenoxy) is 1. The second-order valence-electron chi connectivity index (χ2n) is 6.57. The van der Waals surface area contributed by atoms with Crippen molar-refractivity contribution in [1.29, 1.82) is 0 Å². The number of H-pyrrole nitrogens is 1. The summed E-state index contributed by atoms with van der Waals surface area (Å²) < 4.78 is 31.3. The molecule has 0 fully saturated rings. The SMILES string of the molecule is COC[C@@H](C)N/C(=N/C(=O)c1ccc(F)cc1)Nc1cc(-c2ccc(F)cc2)[nH]n1. The van der Waals surface area contributed by atoms with Gasteiger partial charge in [0.2, 0.25) is 5.96 Å². The first kappa shape index (κ1) is 21.1. The number of nitrogens with zero attached hydrogens (tertiary/aromatic N) is 2. The van der Waals surface area contributed by atoms with Crippen molar-refractivity contribution < 1.29 is 18.3 Å². The van der Waals surface area contributed by atoms with E-state index in [1.54, 1.807) is 25.3 Å². The monoisotopic (exact) mass is 413 g/mol. The highest BCUT2D eigenvalue weighted by Crippen LogP contribution is 2.20. The summed E-state index contributed by atoms with van der Waals surface area (Å²) >= 11 is 0. The molecule has 0 aliphatic rings. The third kappa shape index (κ3) is 5.71. The van der Waals surface area contributed by atoms with Crippen LogP contribution in [0.1, 0.15) is 17.3 Å². The second kappa shape index (κ2) is 9.75. The average molecular weight is 413 g/mol. The third-order valence-corrected chi connectivity index (χ3v) is 4.08. The number of benzene rings is 2.